The smallest absolute Gasteiger partial charge is 0.157 e. The number of amidine groups is 1. The number of hydrogen-bond acceptors (Lipinski definition) is 5. The Morgan fingerprint density at radius 1 is 1.42 bits per heavy atom. The maximum absolute atomic E-state index is 4.65. The van der Waals surface area contributed by atoms with Crippen LogP contribution in [0.2, 0.25) is 0 Å². The second-order valence-electron chi connectivity index (χ2n) is 5.05. The van der Waals surface area contributed by atoms with Gasteiger partial charge in [0, 0.05) is 16.3 Å². The van der Waals surface area contributed by atoms with E-state index >= 15 is 0 Å². The minimum Gasteiger partial charge on any atom is -0.356 e. The van der Waals surface area contributed by atoms with E-state index in [4.69, 9.17) is 0 Å². The molecule has 2 heterocycles. The maximum Gasteiger partial charge on any atom is 0.157 e. The molecule has 1 aromatic rings. The molecule has 0 fully saturated rings. The van der Waals surface area contributed by atoms with Gasteiger partial charge in [0.2, 0.25) is 0 Å². The number of aromatic nitrogens is 1. The van der Waals surface area contributed by atoms with Crippen molar-refractivity contribution in [2.24, 2.45) is 10.9 Å². The fourth-order valence-corrected chi connectivity index (χ4v) is 4.53. The molecule has 1 aliphatic heterocycles. The van der Waals surface area contributed by atoms with Gasteiger partial charge in [0.1, 0.15) is 5.01 Å². The van der Waals surface area contributed by atoms with Gasteiger partial charge < -0.3 is 5.32 Å². The van der Waals surface area contributed by atoms with Crippen molar-refractivity contribution in [3.63, 3.8) is 0 Å². The van der Waals surface area contributed by atoms with Crippen molar-refractivity contribution >= 4 is 28.3 Å². The van der Waals surface area contributed by atoms with Crippen LogP contribution in [0.5, 0.6) is 0 Å². The predicted molar refractivity (Wildman–Crippen MR) is 86.2 cm³/mol. The lowest BCUT2D eigenvalue weighted by atomic mass is 9.99. The van der Waals surface area contributed by atoms with Gasteiger partial charge in [-0.1, -0.05) is 38.5 Å². The van der Waals surface area contributed by atoms with Gasteiger partial charge in [-0.3, -0.25) is 4.99 Å². The lowest BCUT2D eigenvalue weighted by molar-refractivity contribution is 0.479. The van der Waals surface area contributed by atoms with Crippen LogP contribution in [0.25, 0.3) is 0 Å². The number of aliphatic imine (C=N–C) groups is 1. The highest BCUT2D eigenvalue weighted by atomic mass is 32.2. The Balaban J connectivity index is 1.88. The molecule has 5 heteroatoms. The average molecular weight is 297 g/mol. The molecule has 2 rings (SSSR count). The Hall–Kier alpha value is -0.550. The molecule has 0 saturated heterocycles. The summed E-state index contributed by atoms with van der Waals surface area (Å²) in [5, 5.41) is 6.40. The minimum atomic E-state index is 0.255. The zero-order valence-corrected chi connectivity index (χ0v) is 13.8. The van der Waals surface area contributed by atoms with Crippen molar-refractivity contribution in [2.45, 2.75) is 51.8 Å². The van der Waals surface area contributed by atoms with Crippen LogP contribution in [0.15, 0.2) is 11.2 Å². The third-order valence-corrected chi connectivity index (χ3v) is 6.00. The molecule has 106 valence electrons. The van der Waals surface area contributed by atoms with Crippen molar-refractivity contribution in [3.8, 4) is 0 Å². The highest BCUT2D eigenvalue weighted by Crippen LogP contribution is 2.31. The largest absolute Gasteiger partial charge is 0.356 e. The van der Waals surface area contributed by atoms with E-state index in [0.29, 0.717) is 5.25 Å². The quantitative estimate of drug-likeness (QED) is 0.892. The molecule has 1 aromatic heterocycles. The van der Waals surface area contributed by atoms with E-state index in [1.54, 1.807) is 11.3 Å². The summed E-state index contributed by atoms with van der Waals surface area (Å²) in [6.07, 6.45) is 4.44. The summed E-state index contributed by atoms with van der Waals surface area (Å²) in [6.45, 7) is 9.77. The van der Waals surface area contributed by atoms with Gasteiger partial charge >= 0.3 is 0 Å². The van der Waals surface area contributed by atoms with Gasteiger partial charge in [-0.15, -0.1) is 11.3 Å². The van der Waals surface area contributed by atoms with Gasteiger partial charge in [-0.2, -0.15) is 0 Å². The Morgan fingerprint density at radius 3 is 2.74 bits per heavy atom. The number of thioether (sulfide) groups is 1. The second-order valence-corrected chi connectivity index (χ2v) is 7.55. The normalized spacial score (nSPS) is 20.7. The summed E-state index contributed by atoms with van der Waals surface area (Å²) >= 11 is 3.67. The molecule has 0 bridgehead atoms. The van der Waals surface area contributed by atoms with E-state index in [1.807, 2.05) is 18.0 Å². The van der Waals surface area contributed by atoms with Crippen molar-refractivity contribution in [1.29, 1.82) is 0 Å². The van der Waals surface area contributed by atoms with E-state index in [0.717, 1.165) is 22.6 Å². The highest BCUT2D eigenvalue weighted by Gasteiger charge is 2.26. The van der Waals surface area contributed by atoms with Crippen LogP contribution in [-0.2, 0) is 0 Å². The zero-order valence-electron chi connectivity index (χ0n) is 12.1. The Morgan fingerprint density at radius 2 is 2.16 bits per heavy atom. The molecular formula is C14H23N3S2. The van der Waals surface area contributed by atoms with Crippen LogP contribution < -0.4 is 5.32 Å². The fraction of sp³-hybridized carbons (Fsp3) is 0.714. The lowest BCUT2D eigenvalue weighted by Crippen LogP contribution is -2.24. The molecule has 0 saturated carbocycles. The van der Waals surface area contributed by atoms with E-state index in [2.05, 4.69) is 43.0 Å². The van der Waals surface area contributed by atoms with Gasteiger partial charge in [0.05, 0.1) is 12.6 Å². The fourth-order valence-electron chi connectivity index (χ4n) is 2.35. The summed E-state index contributed by atoms with van der Waals surface area (Å²) in [6, 6.07) is 0.255. The monoisotopic (exact) mass is 297 g/mol. The number of nitrogens with zero attached hydrogens (tertiary/aromatic N) is 2. The number of hydrogen-bond donors (Lipinski definition) is 1. The van der Waals surface area contributed by atoms with Crippen molar-refractivity contribution in [1.82, 2.24) is 10.3 Å². The molecule has 0 aromatic carbocycles. The molecule has 0 radical (unpaired) electrons. The molecule has 2 atom stereocenters. The molecule has 0 amide bonds. The van der Waals surface area contributed by atoms with Gasteiger partial charge in [0.25, 0.3) is 0 Å². The number of rotatable bonds is 5. The number of nitrogens with one attached hydrogen (secondary N) is 1. The first kappa shape index (κ1) is 14.9. The van der Waals surface area contributed by atoms with Crippen LogP contribution in [0.3, 0.4) is 0 Å². The second kappa shape index (κ2) is 6.75. The summed E-state index contributed by atoms with van der Waals surface area (Å²) in [7, 11) is 0. The summed E-state index contributed by atoms with van der Waals surface area (Å²) < 4.78 is 0. The van der Waals surface area contributed by atoms with Gasteiger partial charge in [0.15, 0.2) is 5.17 Å². The van der Waals surface area contributed by atoms with Crippen LogP contribution in [0.4, 0.5) is 0 Å². The third-order valence-electron chi connectivity index (χ3n) is 3.60. The Bertz CT molecular complexity index is 438. The van der Waals surface area contributed by atoms with E-state index < -0.39 is 0 Å². The van der Waals surface area contributed by atoms with E-state index in [1.165, 1.54) is 17.7 Å². The SMILES string of the molecule is CCC(CC)C1CN=C(NC(C)c2ncc(C)s2)S1. The Kier molecular flexibility index (Phi) is 5.28. The lowest BCUT2D eigenvalue weighted by Gasteiger charge is -2.19. The number of aryl methyl sites for hydroxylation is 1. The van der Waals surface area contributed by atoms with Crippen molar-refractivity contribution in [3.05, 3.63) is 16.1 Å². The molecule has 1 aliphatic rings. The number of thiazole rings is 1. The molecule has 19 heavy (non-hydrogen) atoms. The first-order valence-electron chi connectivity index (χ1n) is 7.04. The van der Waals surface area contributed by atoms with Crippen LogP contribution >= 0.6 is 23.1 Å². The highest BCUT2D eigenvalue weighted by molar-refractivity contribution is 8.14. The molecule has 0 spiro atoms. The average Bonchev–Trinajstić information content (AvgIpc) is 3.00. The van der Waals surface area contributed by atoms with Crippen LogP contribution in [0, 0.1) is 12.8 Å². The van der Waals surface area contributed by atoms with Crippen LogP contribution in [0.1, 0.15) is 49.5 Å². The van der Waals surface area contributed by atoms with Gasteiger partial charge in [-0.05, 0) is 19.8 Å². The van der Waals surface area contributed by atoms with Crippen molar-refractivity contribution < 1.29 is 0 Å². The zero-order chi connectivity index (χ0) is 13.8. The van der Waals surface area contributed by atoms with E-state index in [9.17, 15) is 0 Å². The van der Waals surface area contributed by atoms with Crippen molar-refractivity contribution in [2.75, 3.05) is 6.54 Å². The van der Waals surface area contributed by atoms with Gasteiger partial charge in [-0.25, -0.2) is 4.98 Å². The molecule has 3 nitrogen and oxygen atoms in total. The standard InChI is InChI=1S/C14H23N3S2/c1-5-11(6-2)12-8-16-14(19-12)17-10(4)13-15-7-9(3)18-13/h7,10-12H,5-6,8H2,1-4H3,(H,16,17). The molecule has 1 N–H and O–H groups in total. The van der Waals surface area contributed by atoms with Crippen LogP contribution in [-0.4, -0.2) is 21.9 Å². The summed E-state index contributed by atoms with van der Waals surface area (Å²) in [5.41, 5.74) is 0. The first-order valence-corrected chi connectivity index (χ1v) is 8.73. The maximum atomic E-state index is 4.65. The molecule has 0 aliphatic carbocycles. The summed E-state index contributed by atoms with van der Waals surface area (Å²) in [5.74, 6) is 0.783. The third kappa shape index (κ3) is 3.72. The topological polar surface area (TPSA) is 37.3 Å². The predicted octanol–water partition coefficient (Wildman–Crippen LogP) is 4.01. The van der Waals surface area contributed by atoms with E-state index in [-0.39, 0.29) is 6.04 Å². The summed E-state index contributed by atoms with van der Waals surface area (Å²) in [4.78, 5) is 10.4. The first-order chi connectivity index (χ1) is 9.13. The molecular weight excluding hydrogens is 274 g/mol. The molecule has 2 unspecified atom stereocenters. The minimum absolute atomic E-state index is 0.255. The Labute approximate surface area is 124 Å².